The van der Waals surface area contributed by atoms with E-state index in [9.17, 15) is 8.42 Å². The van der Waals surface area contributed by atoms with Crippen LogP contribution in [-0.4, -0.2) is 17.8 Å². The first kappa shape index (κ1) is 34.4. The van der Waals surface area contributed by atoms with Crippen LogP contribution in [0.4, 0.5) is 0 Å². The van der Waals surface area contributed by atoms with Crippen molar-refractivity contribution in [2.24, 2.45) is 0 Å². The van der Waals surface area contributed by atoms with Gasteiger partial charge in [0, 0.05) is 16.1 Å². The molecule has 0 aliphatic carbocycles. The summed E-state index contributed by atoms with van der Waals surface area (Å²) in [5.74, 6) is 0.741. The van der Waals surface area contributed by atoms with E-state index < -0.39 is 20.4 Å². The van der Waals surface area contributed by atoms with E-state index in [-0.39, 0.29) is 4.90 Å². The van der Waals surface area contributed by atoms with Gasteiger partial charge in [-0.2, -0.15) is 0 Å². The normalized spacial score (nSPS) is 12.4. The van der Waals surface area contributed by atoms with Gasteiger partial charge in [-0.05, 0) is 49.7 Å². The summed E-state index contributed by atoms with van der Waals surface area (Å²) in [6.45, 7) is 4.25. The summed E-state index contributed by atoms with van der Waals surface area (Å²) in [6, 6.07) is 27.3. The van der Waals surface area contributed by atoms with Crippen molar-refractivity contribution >= 4 is 20.4 Å². The minimum Gasteiger partial charge on any atom is -0.261 e. The van der Waals surface area contributed by atoms with Crippen LogP contribution in [0.5, 0.6) is 0 Å². The van der Waals surface area contributed by atoms with Crippen molar-refractivity contribution in [3.63, 3.8) is 0 Å². The van der Waals surface area contributed by atoms with Crippen LogP contribution in [0.1, 0.15) is 115 Å². The van der Waals surface area contributed by atoms with Crippen LogP contribution in [0.25, 0.3) is 0 Å². The van der Waals surface area contributed by atoms with Crippen LogP contribution >= 0.6 is 10.3 Å². The maximum absolute atomic E-state index is 13.7. The van der Waals surface area contributed by atoms with Gasteiger partial charge >= 0.3 is 10.1 Å². The van der Waals surface area contributed by atoms with E-state index >= 15 is 0 Å². The van der Waals surface area contributed by atoms with Gasteiger partial charge in [0.1, 0.15) is 4.90 Å². The first-order valence-electron chi connectivity index (χ1n) is 16.4. The third-order valence-corrected chi connectivity index (χ3v) is 13.8. The third kappa shape index (κ3) is 11.5. The van der Waals surface area contributed by atoms with Gasteiger partial charge in [0.25, 0.3) is 0 Å². The quantitative estimate of drug-likeness (QED) is 0.0644. The van der Waals surface area contributed by atoms with Crippen LogP contribution in [0, 0.1) is 6.92 Å². The zero-order valence-electron chi connectivity index (χ0n) is 26.2. The van der Waals surface area contributed by atoms with Gasteiger partial charge in [-0.3, -0.25) is 3.63 Å². The zero-order chi connectivity index (χ0) is 29.9. The molecule has 0 heterocycles. The van der Waals surface area contributed by atoms with Crippen LogP contribution in [-0.2, 0) is 10.1 Å². The van der Waals surface area contributed by atoms with Gasteiger partial charge in [0.15, 0.2) is 0 Å². The van der Waals surface area contributed by atoms with E-state index in [1.165, 1.54) is 89.9 Å². The number of benzene rings is 3. The SMILES string of the molecule is CCCCCCCCCCCCCCCCCCS([OH+]S(=O)(=O)c1ccc(C)cc1)(c1ccccc1)c1ccccc1. The minimum absolute atomic E-state index is 0.267. The maximum atomic E-state index is 13.7. The van der Waals surface area contributed by atoms with Crippen molar-refractivity contribution < 1.29 is 12.0 Å². The average molecular weight is 612 g/mol. The van der Waals surface area contributed by atoms with Crippen LogP contribution in [0.3, 0.4) is 0 Å². The zero-order valence-corrected chi connectivity index (χ0v) is 27.8. The molecule has 3 aromatic rings. The van der Waals surface area contributed by atoms with Crippen LogP contribution in [0.2, 0.25) is 0 Å². The second-order valence-electron chi connectivity index (χ2n) is 11.7. The summed E-state index contributed by atoms with van der Waals surface area (Å²) < 4.78 is 32.3. The monoisotopic (exact) mass is 611 g/mol. The highest BCUT2D eigenvalue weighted by molar-refractivity contribution is 8.32. The molecule has 3 nitrogen and oxygen atoms in total. The second-order valence-corrected chi connectivity index (χ2v) is 16.5. The molecule has 3 rings (SSSR count). The van der Waals surface area contributed by atoms with Crippen molar-refractivity contribution in [2.45, 2.75) is 131 Å². The van der Waals surface area contributed by atoms with E-state index in [0.717, 1.165) is 33.9 Å². The topological polar surface area (TPSA) is 46.9 Å². The molecule has 0 unspecified atom stereocenters. The molecule has 232 valence electrons. The van der Waals surface area contributed by atoms with E-state index in [0.29, 0.717) is 0 Å². The molecule has 0 aliphatic rings. The summed E-state index contributed by atoms with van der Waals surface area (Å²) in [6.07, 6.45) is 21.1. The standard InChI is InChI=1S/C37H54O3S2/c1-3-4-5-6-7-8-9-10-11-12-13-14-15-16-17-24-33-41(35-25-20-18-21-26-35,36-27-22-19-23-28-36)40-42(38,39)37-31-29-34(2)30-32-37/h18-23,25-32H,3-17,24,33H2,1-2H3/p+1. The predicted molar refractivity (Wildman–Crippen MR) is 182 cm³/mol. The van der Waals surface area contributed by atoms with E-state index in [1.54, 1.807) is 12.1 Å². The molecule has 3 aromatic carbocycles. The van der Waals surface area contributed by atoms with Crippen molar-refractivity contribution in [2.75, 3.05) is 5.75 Å². The molecular formula is C37H55O3S2+. The Kier molecular flexibility index (Phi) is 15.8. The maximum Gasteiger partial charge on any atom is 0.421 e. The van der Waals surface area contributed by atoms with Crippen molar-refractivity contribution in [1.82, 2.24) is 0 Å². The average Bonchev–Trinajstić information content (AvgIpc) is 3.01. The predicted octanol–water partition coefficient (Wildman–Crippen LogP) is 11.9. The molecule has 0 radical (unpaired) electrons. The van der Waals surface area contributed by atoms with E-state index in [1.807, 2.05) is 55.5 Å². The molecule has 0 saturated heterocycles. The van der Waals surface area contributed by atoms with Gasteiger partial charge in [0.2, 0.25) is 0 Å². The Balaban J connectivity index is 1.52. The van der Waals surface area contributed by atoms with Gasteiger partial charge in [-0.25, -0.2) is 0 Å². The summed E-state index contributed by atoms with van der Waals surface area (Å²) in [5.41, 5.74) is 1.03. The minimum atomic E-state index is -3.84. The first-order chi connectivity index (χ1) is 20.5. The number of aryl methyl sites for hydroxylation is 1. The Bertz CT molecular complexity index is 1170. The number of hydrogen-bond donors (Lipinski definition) is 0. The summed E-state index contributed by atoms with van der Waals surface area (Å²) in [5, 5.41) is 0. The lowest BCUT2D eigenvalue weighted by atomic mass is 10.0. The smallest absolute Gasteiger partial charge is 0.261 e. The fourth-order valence-electron chi connectivity index (χ4n) is 5.57. The molecule has 0 amide bonds. The molecule has 1 N–H and O–H groups in total. The summed E-state index contributed by atoms with van der Waals surface area (Å²) >= 11 is 0. The van der Waals surface area contributed by atoms with Crippen LogP contribution < -0.4 is 0 Å². The summed E-state index contributed by atoms with van der Waals surface area (Å²) in [4.78, 5) is 2.28. The first-order valence-corrected chi connectivity index (χ1v) is 19.6. The largest absolute Gasteiger partial charge is 0.421 e. The van der Waals surface area contributed by atoms with Crippen LogP contribution in [0.15, 0.2) is 99.6 Å². The molecule has 0 spiro atoms. The molecule has 0 aliphatic heterocycles. The Morgan fingerprint density at radius 1 is 0.476 bits per heavy atom. The van der Waals surface area contributed by atoms with E-state index in [4.69, 9.17) is 3.63 Å². The highest BCUT2D eigenvalue weighted by atomic mass is 32.3. The lowest BCUT2D eigenvalue weighted by Crippen LogP contribution is -2.20. The molecule has 0 bridgehead atoms. The second kappa shape index (κ2) is 19.2. The number of hydrogen-bond acceptors (Lipinski definition) is 2. The third-order valence-electron chi connectivity index (χ3n) is 8.10. The van der Waals surface area contributed by atoms with Crippen molar-refractivity contribution in [3.05, 3.63) is 90.5 Å². The fraction of sp³-hybridized carbons (Fsp3) is 0.514. The molecule has 0 aromatic heterocycles. The molecule has 0 saturated carbocycles. The molecule has 5 heteroatoms. The fourth-order valence-corrected chi connectivity index (χ4v) is 11.3. The van der Waals surface area contributed by atoms with E-state index in [2.05, 4.69) is 31.2 Å². The molecule has 0 fully saturated rings. The molecular weight excluding hydrogens is 557 g/mol. The Hall–Kier alpha value is -2.08. The Morgan fingerprint density at radius 2 is 0.857 bits per heavy atom. The van der Waals surface area contributed by atoms with Gasteiger partial charge in [-0.1, -0.05) is 157 Å². The van der Waals surface area contributed by atoms with Crippen molar-refractivity contribution in [1.29, 1.82) is 0 Å². The number of unbranched alkanes of at least 4 members (excludes halogenated alkanes) is 15. The lowest BCUT2D eigenvalue weighted by molar-refractivity contribution is 0.386. The van der Waals surface area contributed by atoms with Gasteiger partial charge < -0.3 is 0 Å². The molecule has 42 heavy (non-hydrogen) atoms. The lowest BCUT2D eigenvalue weighted by Gasteiger charge is -2.34. The van der Waals surface area contributed by atoms with Gasteiger partial charge in [-0.15, -0.1) is 8.42 Å². The highest BCUT2D eigenvalue weighted by Gasteiger charge is 2.41. The Labute approximate surface area is 259 Å². The molecule has 0 atom stereocenters. The summed E-state index contributed by atoms with van der Waals surface area (Å²) in [7, 11) is -5.99. The highest BCUT2D eigenvalue weighted by Crippen LogP contribution is 2.63. The number of rotatable bonds is 22. The van der Waals surface area contributed by atoms with Gasteiger partial charge in [0.05, 0.1) is 9.79 Å². The Morgan fingerprint density at radius 3 is 1.26 bits per heavy atom. The van der Waals surface area contributed by atoms with Crippen molar-refractivity contribution in [3.8, 4) is 0 Å².